The summed E-state index contributed by atoms with van der Waals surface area (Å²) >= 11 is 3.10. The molecule has 3 heteroatoms. The summed E-state index contributed by atoms with van der Waals surface area (Å²) in [6.45, 7) is 0. The molecule has 0 spiro atoms. The Kier molecular flexibility index (Phi) is 3.24. The lowest BCUT2D eigenvalue weighted by Crippen LogP contribution is -2.25. The van der Waals surface area contributed by atoms with Crippen molar-refractivity contribution in [1.29, 1.82) is 0 Å². The fourth-order valence-electron chi connectivity index (χ4n) is 1.21. The van der Waals surface area contributed by atoms with E-state index in [2.05, 4.69) is 15.9 Å². The van der Waals surface area contributed by atoms with E-state index in [1.165, 1.54) is 0 Å². The average Bonchev–Trinajstić information content (AvgIpc) is 2.00. The second kappa shape index (κ2) is 4.00. The minimum Gasteiger partial charge on any atom is -0.298 e. The molecule has 1 saturated carbocycles. The fourth-order valence-corrected chi connectivity index (χ4v) is 1.67. The highest BCUT2D eigenvalue weighted by Crippen LogP contribution is 2.16. The zero-order valence-corrected chi connectivity index (χ0v) is 7.89. The molecule has 0 amide bonds. The number of Topliss-reactive ketones (excluding diaryl/α,β-unsaturated/α-hetero) is 2. The zero-order chi connectivity index (χ0) is 8.27. The second-order valence-electron chi connectivity index (χ2n) is 2.86. The van der Waals surface area contributed by atoms with E-state index in [9.17, 15) is 9.59 Å². The van der Waals surface area contributed by atoms with Crippen LogP contribution < -0.4 is 0 Å². The van der Waals surface area contributed by atoms with Crippen molar-refractivity contribution in [3.05, 3.63) is 0 Å². The summed E-state index contributed by atoms with van der Waals surface area (Å²) in [4.78, 5) is 21.7. The normalized spacial score (nSPS) is 23.0. The molecule has 0 aromatic rings. The topological polar surface area (TPSA) is 34.1 Å². The Morgan fingerprint density at radius 1 is 1.00 bits per heavy atom. The van der Waals surface area contributed by atoms with Gasteiger partial charge in [-0.25, -0.2) is 0 Å². The number of ketones is 2. The van der Waals surface area contributed by atoms with Crippen LogP contribution in [0.25, 0.3) is 0 Å². The Morgan fingerprint density at radius 2 is 1.45 bits per heavy atom. The fraction of sp³-hybridized carbons (Fsp3) is 0.750. The van der Waals surface area contributed by atoms with Gasteiger partial charge in [-0.2, -0.15) is 0 Å². The standard InChI is InChI=1S/C8H11BrO2/c9-8-6(10)4-2-1-3-5-7(8)11/h8H,1-5H2. The summed E-state index contributed by atoms with van der Waals surface area (Å²) in [5, 5.41) is 0. The van der Waals surface area contributed by atoms with Gasteiger partial charge in [-0.1, -0.05) is 22.4 Å². The van der Waals surface area contributed by atoms with E-state index in [1.54, 1.807) is 0 Å². The Balaban J connectivity index is 2.56. The quantitative estimate of drug-likeness (QED) is 0.460. The van der Waals surface area contributed by atoms with Gasteiger partial charge in [-0.15, -0.1) is 0 Å². The molecule has 0 bridgehead atoms. The predicted octanol–water partition coefficient (Wildman–Crippen LogP) is 1.85. The first kappa shape index (κ1) is 8.91. The maximum absolute atomic E-state index is 11.1. The van der Waals surface area contributed by atoms with E-state index < -0.39 is 4.83 Å². The minimum atomic E-state index is -0.511. The summed E-state index contributed by atoms with van der Waals surface area (Å²) in [7, 11) is 0. The van der Waals surface area contributed by atoms with Crippen molar-refractivity contribution in [2.45, 2.75) is 36.9 Å². The van der Waals surface area contributed by atoms with Crippen LogP contribution in [-0.2, 0) is 9.59 Å². The molecular formula is C8H11BrO2. The first-order valence-electron chi connectivity index (χ1n) is 3.91. The number of rotatable bonds is 0. The van der Waals surface area contributed by atoms with Crippen molar-refractivity contribution < 1.29 is 9.59 Å². The van der Waals surface area contributed by atoms with Gasteiger partial charge in [0.05, 0.1) is 0 Å². The molecule has 0 aromatic carbocycles. The molecule has 11 heavy (non-hydrogen) atoms. The van der Waals surface area contributed by atoms with Crippen LogP contribution in [0.5, 0.6) is 0 Å². The highest BCUT2D eigenvalue weighted by molar-refractivity contribution is 9.10. The molecule has 1 rings (SSSR count). The molecule has 1 fully saturated rings. The van der Waals surface area contributed by atoms with Gasteiger partial charge in [0.15, 0.2) is 11.6 Å². The Morgan fingerprint density at radius 3 is 1.91 bits per heavy atom. The SMILES string of the molecule is O=C1CCCCCC(=O)C1Br. The number of hydrogen-bond donors (Lipinski definition) is 0. The molecule has 0 radical (unpaired) electrons. The lowest BCUT2D eigenvalue weighted by molar-refractivity contribution is -0.126. The van der Waals surface area contributed by atoms with Crippen LogP contribution in [0.1, 0.15) is 32.1 Å². The summed E-state index contributed by atoms with van der Waals surface area (Å²) in [5.74, 6) is 0.101. The number of carbonyl (C=O) groups is 2. The Bertz CT molecular complexity index is 159. The summed E-state index contributed by atoms with van der Waals surface area (Å²) in [5.41, 5.74) is 0. The highest BCUT2D eigenvalue weighted by Gasteiger charge is 2.23. The minimum absolute atomic E-state index is 0.0506. The van der Waals surface area contributed by atoms with Crippen molar-refractivity contribution in [3.63, 3.8) is 0 Å². The molecule has 0 atom stereocenters. The van der Waals surface area contributed by atoms with Gasteiger partial charge >= 0.3 is 0 Å². The van der Waals surface area contributed by atoms with Crippen molar-refractivity contribution in [2.24, 2.45) is 0 Å². The number of halogens is 1. The van der Waals surface area contributed by atoms with Crippen LogP contribution in [0.4, 0.5) is 0 Å². The van der Waals surface area contributed by atoms with Crippen molar-refractivity contribution in [3.8, 4) is 0 Å². The van der Waals surface area contributed by atoms with E-state index in [0.717, 1.165) is 19.3 Å². The van der Waals surface area contributed by atoms with E-state index in [4.69, 9.17) is 0 Å². The first-order valence-corrected chi connectivity index (χ1v) is 4.83. The van der Waals surface area contributed by atoms with Crippen LogP contribution in [0.3, 0.4) is 0 Å². The van der Waals surface area contributed by atoms with Gasteiger partial charge in [0, 0.05) is 12.8 Å². The van der Waals surface area contributed by atoms with Gasteiger partial charge in [0.2, 0.25) is 0 Å². The van der Waals surface area contributed by atoms with Crippen LogP contribution in [0.2, 0.25) is 0 Å². The predicted molar refractivity (Wildman–Crippen MR) is 45.8 cm³/mol. The van der Waals surface area contributed by atoms with Crippen LogP contribution in [0.15, 0.2) is 0 Å². The largest absolute Gasteiger partial charge is 0.298 e. The van der Waals surface area contributed by atoms with Gasteiger partial charge in [0.25, 0.3) is 0 Å². The maximum Gasteiger partial charge on any atom is 0.153 e. The van der Waals surface area contributed by atoms with Gasteiger partial charge in [-0.05, 0) is 12.8 Å². The highest BCUT2D eigenvalue weighted by atomic mass is 79.9. The van der Waals surface area contributed by atoms with Crippen molar-refractivity contribution in [2.75, 3.05) is 0 Å². The van der Waals surface area contributed by atoms with Crippen LogP contribution in [-0.4, -0.2) is 16.4 Å². The molecule has 1 aliphatic carbocycles. The number of alkyl halides is 1. The molecule has 0 heterocycles. The third-order valence-electron chi connectivity index (χ3n) is 1.91. The molecule has 0 saturated heterocycles. The van der Waals surface area contributed by atoms with Crippen molar-refractivity contribution in [1.82, 2.24) is 0 Å². The summed E-state index contributed by atoms with van der Waals surface area (Å²) in [6.07, 6.45) is 4.00. The van der Waals surface area contributed by atoms with E-state index in [1.807, 2.05) is 0 Å². The van der Waals surface area contributed by atoms with Crippen molar-refractivity contribution >= 4 is 27.5 Å². The lowest BCUT2D eigenvalue weighted by atomic mass is 9.99. The molecule has 0 aliphatic heterocycles. The second-order valence-corrected chi connectivity index (χ2v) is 3.77. The van der Waals surface area contributed by atoms with Crippen LogP contribution >= 0.6 is 15.9 Å². The Labute approximate surface area is 74.5 Å². The molecule has 2 nitrogen and oxygen atoms in total. The average molecular weight is 219 g/mol. The van der Waals surface area contributed by atoms with Gasteiger partial charge in [-0.3, -0.25) is 9.59 Å². The first-order chi connectivity index (χ1) is 5.22. The van der Waals surface area contributed by atoms with E-state index in [-0.39, 0.29) is 11.6 Å². The molecule has 0 N–H and O–H groups in total. The third kappa shape index (κ3) is 2.40. The lowest BCUT2D eigenvalue weighted by Gasteiger charge is -2.11. The van der Waals surface area contributed by atoms with Gasteiger partial charge < -0.3 is 0 Å². The smallest absolute Gasteiger partial charge is 0.153 e. The molecular weight excluding hydrogens is 208 g/mol. The Hall–Kier alpha value is -0.180. The molecule has 0 aromatic heterocycles. The maximum atomic E-state index is 11.1. The number of hydrogen-bond acceptors (Lipinski definition) is 2. The van der Waals surface area contributed by atoms with Gasteiger partial charge in [0.1, 0.15) is 4.83 Å². The third-order valence-corrected chi connectivity index (χ3v) is 2.93. The van der Waals surface area contributed by atoms with Crippen LogP contribution in [0, 0.1) is 0 Å². The van der Waals surface area contributed by atoms with E-state index in [0.29, 0.717) is 12.8 Å². The number of carbonyl (C=O) groups excluding carboxylic acids is 2. The molecule has 62 valence electrons. The summed E-state index contributed by atoms with van der Waals surface area (Å²) in [6, 6.07) is 0. The summed E-state index contributed by atoms with van der Waals surface area (Å²) < 4.78 is 0. The molecule has 0 unspecified atom stereocenters. The van der Waals surface area contributed by atoms with E-state index >= 15 is 0 Å². The monoisotopic (exact) mass is 218 g/mol. The molecule has 1 aliphatic rings. The zero-order valence-electron chi connectivity index (χ0n) is 6.31.